The van der Waals surface area contributed by atoms with E-state index >= 15 is 0 Å². The van der Waals surface area contributed by atoms with Crippen LogP contribution in [0.5, 0.6) is 0 Å². The lowest BCUT2D eigenvalue weighted by atomic mass is 9.99. The topological polar surface area (TPSA) is 97.1 Å². The SMILES string of the molecule is CC(C)c1ccc(C(N)CNC(=O)CNC(=O)c2ccccn2)cc1.Cl.Cl. The predicted octanol–water partition coefficient (Wildman–Crippen LogP) is 2.59. The molecule has 0 aliphatic heterocycles. The lowest BCUT2D eigenvalue weighted by Gasteiger charge is -2.15. The molecule has 4 N–H and O–H groups in total. The van der Waals surface area contributed by atoms with Gasteiger partial charge in [0.25, 0.3) is 5.91 Å². The molecule has 8 heteroatoms. The van der Waals surface area contributed by atoms with E-state index in [-0.39, 0.29) is 54.9 Å². The maximum Gasteiger partial charge on any atom is 0.270 e. The zero-order valence-corrected chi connectivity index (χ0v) is 17.0. The van der Waals surface area contributed by atoms with Crippen LogP contribution in [-0.2, 0) is 4.79 Å². The molecule has 0 radical (unpaired) electrons. The van der Waals surface area contributed by atoms with Crippen molar-refractivity contribution in [2.24, 2.45) is 5.73 Å². The standard InChI is InChI=1S/C19H24N4O2.2ClH/c1-13(2)14-6-8-15(9-7-14)16(20)11-22-18(24)12-23-19(25)17-5-3-4-10-21-17;;/h3-10,13,16H,11-12,20H2,1-2H3,(H,22,24)(H,23,25);2*1H. The Morgan fingerprint density at radius 1 is 1.00 bits per heavy atom. The minimum absolute atomic E-state index is 0. The van der Waals surface area contributed by atoms with Gasteiger partial charge in [0.15, 0.2) is 0 Å². The number of carbonyl (C=O) groups is 2. The van der Waals surface area contributed by atoms with E-state index in [9.17, 15) is 9.59 Å². The Kier molecular flexibility index (Phi) is 11.3. The number of carbonyl (C=O) groups excluding carboxylic acids is 2. The minimum atomic E-state index is -0.385. The molecule has 0 bridgehead atoms. The molecule has 27 heavy (non-hydrogen) atoms. The van der Waals surface area contributed by atoms with Crippen molar-refractivity contribution in [2.75, 3.05) is 13.1 Å². The molecule has 0 fully saturated rings. The molecule has 148 valence electrons. The third-order valence-corrected chi connectivity index (χ3v) is 3.86. The van der Waals surface area contributed by atoms with Gasteiger partial charge in [-0.05, 0) is 29.2 Å². The number of hydrogen-bond donors (Lipinski definition) is 3. The molecule has 1 unspecified atom stereocenters. The smallest absolute Gasteiger partial charge is 0.270 e. The molecule has 1 atom stereocenters. The van der Waals surface area contributed by atoms with Gasteiger partial charge in [0, 0.05) is 18.8 Å². The van der Waals surface area contributed by atoms with Crippen molar-refractivity contribution >= 4 is 36.6 Å². The molecule has 0 saturated carbocycles. The third-order valence-electron chi connectivity index (χ3n) is 3.86. The molecule has 1 heterocycles. The minimum Gasteiger partial charge on any atom is -0.353 e. The van der Waals surface area contributed by atoms with Crippen molar-refractivity contribution in [1.82, 2.24) is 15.6 Å². The van der Waals surface area contributed by atoms with Gasteiger partial charge < -0.3 is 16.4 Å². The third kappa shape index (κ3) is 7.95. The number of hydrogen-bond acceptors (Lipinski definition) is 4. The number of amides is 2. The Morgan fingerprint density at radius 3 is 2.19 bits per heavy atom. The Balaban J connectivity index is 0.00000338. The molecule has 1 aromatic heterocycles. The quantitative estimate of drug-likeness (QED) is 0.650. The Morgan fingerprint density at radius 2 is 1.63 bits per heavy atom. The van der Waals surface area contributed by atoms with Gasteiger partial charge >= 0.3 is 0 Å². The molecule has 2 amide bonds. The van der Waals surface area contributed by atoms with E-state index in [0.717, 1.165) is 5.56 Å². The fourth-order valence-corrected chi connectivity index (χ4v) is 2.28. The van der Waals surface area contributed by atoms with Crippen molar-refractivity contribution < 1.29 is 9.59 Å². The number of halogens is 2. The molecule has 0 aliphatic carbocycles. The summed E-state index contributed by atoms with van der Waals surface area (Å²) < 4.78 is 0. The summed E-state index contributed by atoms with van der Waals surface area (Å²) in [7, 11) is 0. The van der Waals surface area contributed by atoms with Crippen LogP contribution >= 0.6 is 24.8 Å². The second kappa shape index (κ2) is 12.3. The van der Waals surface area contributed by atoms with Gasteiger partial charge in [0.05, 0.1) is 6.54 Å². The molecule has 0 aliphatic rings. The van der Waals surface area contributed by atoms with Crippen LogP contribution in [0, 0.1) is 0 Å². The highest BCUT2D eigenvalue weighted by Gasteiger charge is 2.11. The number of benzene rings is 1. The number of aromatic nitrogens is 1. The number of rotatable bonds is 7. The van der Waals surface area contributed by atoms with Crippen LogP contribution in [0.3, 0.4) is 0 Å². The molecule has 6 nitrogen and oxygen atoms in total. The van der Waals surface area contributed by atoms with Gasteiger partial charge in [0.2, 0.25) is 5.91 Å². The predicted molar refractivity (Wildman–Crippen MR) is 112 cm³/mol. The van der Waals surface area contributed by atoms with E-state index in [1.54, 1.807) is 18.2 Å². The zero-order valence-electron chi connectivity index (χ0n) is 15.3. The van der Waals surface area contributed by atoms with Crippen molar-refractivity contribution in [3.05, 3.63) is 65.5 Å². The first-order chi connectivity index (χ1) is 12.0. The first-order valence-electron chi connectivity index (χ1n) is 8.28. The molecule has 0 spiro atoms. The summed E-state index contributed by atoms with van der Waals surface area (Å²) in [6.07, 6.45) is 1.53. The Hall–Kier alpha value is -2.15. The highest BCUT2D eigenvalue weighted by molar-refractivity contribution is 5.94. The summed E-state index contributed by atoms with van der Waals surface area (Å²) in [4.78, 5) is 27.6. The van der Waals surface area contributed by atoms with E-state index in [0.29, 0.717) is 12.5 Å². The monoisotopic (exact) mass is 412 g/mol. The first kappa shape index (κ1) is 24.8. The van der Waals surface area contributed by atoms with Gasteiger partial charge in [-0.25, -0.2) is 0 Å². The number of nitrogens with zero attached hydrogens (tertiary/aromatic N) is 1. The summed E-state index contributed by atoms with van der Waals surface area (Å²) in [5, 5.41) is 5.25. The van der Waals surface area contributed by atoms with E-state index in [2.05, 4.69) is 41.6 Å². The van der Waals surface area contributed by atoms with Gasteiger partial charge in [-0.15, -0.1) is 24.8 Å². The highest BCUT2D eigenvalue weighted by atomic mass is 35.5. The summed E-state index contributed by atoms with van der Waals surface area (Å²) in [6, 6.07) is 12.8. The van der Waals surface area contributed by atoms with Crippen LogP contribution in [0.2, 0.25) is 0 Å². The van der Waals surface area contributed by atoms with Crippen LogP contribution < -0.4 is 16.4 Å². The van der Waals surface area contributed by atoms with Crippen molar-refractivity contribution in [2.45, 2.75) is 25.8 Å². The molecule has 2 rings (SSSR count). The average molecular weight is 413 g/mol. The molecular weight excluding hydrogens is 387 g/mol. The summed E-state index contributed by atoms with van der Waals surface area (Å²) >= 11 is 0. The van der Waals surface area contributed by atoms with Gasteiger partial charge in [0.1, 0.15) is 5.69 Å². The van der Waals surface area contributed by atoms with Crippen LogP contribution in [0.15, 0.2) is 48.7 Å². The van der Waals surface area contributed by atoms with Crippen LogP contribution in [0.1, 0.15) is 47.4 Å². The second-order valence-corrected chi connectivity index (χ2v) is 6.13. The van der Waals surface area contributed by atoms with E-state index in [4.69, 9.17) is 5.73 Å². The fraction of sp³-hybridized carbons (Fsp3) is 0.316. The van der Waals surface area contributed by atoms with E-state index in [1.807, 2.05) is 12.1 Å². The van der Waals surface area contributed by atoms with Crippen molar-refractivity contribution in [3.8, 4) is 0 Å². The number of pyridine rings is 1. The molecular formula is C19H26Cl2N4O2. The summed E-state index contributed by atoms with van der Waals surface area (Å²) in [5.74, 6) is -0.212. The highest BCUT2D eigenvalue weighted by Crippen LogP contribution is 2.17. The van der Waals surface area contributed by atoms with Gasteiger partial charge in [-0.1, -0.05) is 44.2 Å². The lowest BCUT2D eigenvalue weighted by Crippen LogP contribution is -2.39. The lowest BCUT2D eigenvalue weighted by molar-refractivity contribution is -0.120. The second-order valence-electron chi connectivity index (χ2n) is 6.13. The Labute approximate surface area is 172 Å². The van der Waals surface area contributed by atoms with Gasteiger partial charge in [-0.3, -0.25) is 14.6 Å². The van der Waals surface area contributed by atoms with Gasteiger partial charge in [-0.2, -0.15) is 0 Å². The van der Waals surface area contributed by atoms with Crippen molar-refractivity contribution in [3.63, 3.8) is 0 Å². The molecule has 1 aromatic carbocycles. The maximum absolute atomic E-state index is 11.9. The maximum atomic E-state index is 11.9. The first-order valence-corrected chi connectivity index (χ1v) is 8.28. The number of nitrogens with one attached hydrogen (secondary N) is 2. The number of nitrogens with two attached hydrogens (primary N) is 1. The largest absolute Gasteiger partial charge is 0.353 e. The Bertz CT molecular complexity index is 709. The fourth-order valence-electron chi connectivity index (χ4n) is 2.28. The van der Waals surface area contributed by atoms with Crippen LogP contribution in [0.4, 0.5) is 0 Å². The van der Waals surface area contributed by atoms with E-state index < -0.39 is 0 Å². The molecule has 0 saturated heterocycles. The van der Waals surface area contributed by atoms with E-state index in [1.165, 1.54) is 11.8 Å². The average Bonchev–Trinajstić information content (AvgIpc) is 2.64. The normalized spacial score (nSPS) is 11.0. The van der Waals surface area contributed by atoms with Crippen LogP contribution in [-0.4, -0.2) is 29.9 Å². The summed E-state index contributed by atoms with van der Waals surface area (Å²) in [5.41, 5.74) is 8.59. The zero-order chi connectivity index (χ0) is 18.2. The van der Waals surface area contributed by atoms with Crippen molar-refractivity contribution in [1.29, 1.82) is 0 Å². The summed E-state index contributed by atoms with van der Waals surface area (Å²) in [6.45, 7) is 4.45. The molecule has 2 aromatic rings. The van der Waals surface area contributed by atoms with Crippen LogP contribution in [0.25, 0.3) is 0 Å².